The molecule has 0 saturated carbocycles. The highest BCUT2D eigenvalue weighted by molar-refractivity contribution is 5.95. The molecule has 5 nitrogen and oxygen atoms in total. The zero-order valence-electron chi connectivity index (χ0n) is 13.5. The molecule has 1 amide bonds. The molecular formula is C19H20N4O. The number of hydrogen-bond acceptors (Lipinski definition) is 4. The first kappa shape index (κ1) is 16.0. The van der Waals surface area contributed by atoms with Crippen molar-refractivity contribution in [3.8, 4) is 6.07 Å². The fourth-order valence-corrected chi connectivity index (χ4v) is 2.88. The van der Waals surface area contributed by atoms with Gasteiger partial charge in [-0.1, -0.05) is 12.8 Å². The summed E-state index contributed by atoms with van der Waals surface area (Å²) in [4.78, 5) is 18.8. The Kier molecular flexibility index (Phi) is 5.07. The van der Waals surface area contributed by atoms with Crippen LogP contribution in [-0.4, -0.2) is 28.9 Å². The van der Waals surface area contributed by atoms with Crippen LogP contribution in [0, 0.1) is 11.3 Å². The van der Waals surface area contributed by atoms with E-state index in [4.69, 9.17) is 5.26 Å². The molecule has 2 heterocycles. The minimum absolute atomic E-state index is 0.0490. The molecule has 0 atom stereocenters. The summed E-state index contributed by atoms with van der Waals surface area (Å²) in [6.45, 7) is 1.65. The second kappa shape index (κ2) is 7.60. The van der Waals surface area contributed by atoms with E-state index in [0.29, 0.717) is 11.1 Å². The summed E-state index contributed by atoms with van der Waals surface area (Å²) in [6.07, 6.45) is 7.85. The van der Waals surface area contributed by atoms with Crippen molar-refractivity contribution in [1.82, 2.24) is 9.88 Å². The van der Waals surface area contributed by atoms with Crippen LogP contribution >= 0.6 is 0 Å². The lowest BCUT2D eigenvalue weighted by atomic mass is 10.2. The number of carbonyl (C=O) groups excluding carboxylic acids is 1. The van der Waals surface area contributed by atoms with Crippen molar-refractivity contribution in [2.75, 3.05) is 18.4 Å². The standard InChI is InChI=1S/C19H20N4O/c20-12-15-5-7-17(8-6-15)22-18-11-16(13-21-14-18)19(24)23-9-3-1-2-4-10-23/h5-8,11,13-14,22H,1-4,9-10H2. The summed E-state index contributed by atoms with van der Waals surface area (Å²) in [7, 11) is 0. The maximum Gasteiger partial charge on any atom is 0.255 e. The SMILES string of the molecule is N#Cc1ccc(Nc2cncc(C(=O)N3CCCCCC3)c2)cc1. The fraction of sp³-hybridized carbons (Fsp3) is 0.316. The van der Waals surface area contributed by atoms with Gasteiger partial charge in [0.1, 0.15) is 0 Å². The largest absolute Gasteiger partial charge is 0.354 e. The molecule has 1 aromatic heterocycles. The molecular weight excluding hydrogens is 300 g/mol. The third-order valence-electron chi connectivity index (χ3n) is 4.18. The van der Waals surface area contributed by atoms with Gasteiger partial charge in [0.15, 0.2) is 0 Å². The molecule has 0 aliphatic carbocycles. The summed E-state index contributed by atoms with van der Waals surface area (Å²) >= 11 is 0. The summed E-state index contributed by atoms with van der Waals surface area (Å²) in [5, 5.41) is 12.1. The van der Waals surface area contributed by atoms with Crippen LogP contribution in [0.4, 0.5) is 11.4 Å². The van der Waals surface area contributed by atoms with Gasteiger partial charge in [-0.25, -0.2) is 0 Å². The van der Waals surface area contributed by atoms with Crippen molar-refractivity contribution in [1.29, 1.82) is 5.26 Å². The minimum atomic E-state index is 0.0490. The lowest BCUT2D eigenvalue weighted by Crippen LogP contribution is -2.31. The van der Waals surface area contributed by atoms with Crippen molar-refractivity contribution in [2.45, 2.75) is 25.7 Å². The molecule has 1 aromatic carbocycles. The van der Waals surface area contributed by atoms with Crippen LogP contribution in [0.5, 0.6) is 0 Å². The number of likely N-dealkylation sites (tertiary alicyclic amines) is 1. The van der Waals surface area contributed by atoms with E-state index in [1.165, 1.54) is 12.8 Å². The smallest absolute Gasteiger partial charge is 0.255 e. The molecule has 1 aliphatic rings. The average Bonchev–Trinajstić information content (AvgIpc) is 2.91. The first-order valence-corrected chi connectivity index (χ1v) is 8.28. The van der Waals surface area contributed by atoms with E-state index in [-0.39, 0.29) is 5.91 Å². The number of anilines is 2. The molecule has 0 bridgehead atoms. The van der Waals surface area contributed by atoms with Crippen molar-refractivity contribution < 1.29 is 4.79 Å². The van der Waals surface area contributed by atoms with E-state index in [1.807, 2.05) is 23.1 Å². The molecule has 2 aromatic rings. The Hall–Kier alpha value is -2.87. The first-order chi connectivity index (χ1) is 11.8. The number of carbonyl (C=O) groups is 1. The Morgan fingerprint density at radius 1 is 1.04 bits per heavy atom. The number of nitriles is 1. The summed E-state index contributed by atoms with van der Waals surface area (Å²) in [5.74, 6) is 0.0490. The number of rotatable bonds is 3. The van der Waals surface area contributed by atoms with Crippen LogP contribution in [0.3, 0.4) is 0 Å². The van der Waals surface area contributed by atoms with Gasteiger partial charge in [-0.3, -0.25) is 9.78 Å². The highest BCUT2D eigenvalue weighted by Crippen LogP contribution is 2.19. The maximum atomic E-state index is 12.7. The second-order valence-corrected chi connectivity index (χ2v) is 5.98. The van der Waals surface area contributed by atoms with E-state index in [1.54, 1.807) is 24.5 Å². The van der Waals surface area contributed by atoms with Gasteiger partial charge in [0.05, 0.1) is 29.1 Å². The van der Waals surface area contributed by atoms with Crippen LogP contribution < -0.4 is 5.32 Å². The van der Waals surface area contributed by atoms with Crippen LogP contribution in [0.25, 0.3) is 0 Å². The van der Waals surface area contributed by atoms with Crippen molar-refractivity contribution in [2.24, 2.45) is 0 Å². The molecule has 1 fully saturated rings. The number of benzene rings is 1. The zero-order chi connectivity index (χ0) is 16.8. The summed E-state index contributed by atoms with van der Waals surface area (Å²) in [5.41, 5.74) is 2.84. The number of amides is 1. The summed E-state index contributed by atoms with van der Waals surface area (Å²) in [6, 6.07) is 11.1. The molecule has 0 radical (unpaired) electrons. The van der Waals surface area contributed by atoms with Gasteiger partial charge in [0.25, 0.3) is 5.91 Å². The topological polar surface area (TPSA) is 69.0 Å². The van der Waals surface area contributed by atoms with Crippen molar-refractivity contribution in [3.63, 3.8) is 0 Å². The Morgan fingerprint density at radius 2 is 1.75 bits per heavy atom. The molecule has 1 N–H and O–H groups in total. The zero-order valence-corrected chi connectivity index (χ0v) is 13.5. The molecule has 0 spiro atoms. The van der Waals surface area contributed by atoms with E-state index in [0.717, 1.165) is 37.3 Å². The third kappa shape index (κ3) is 3.90. The number of pyridine rings is 1. The molecule has 1 aliphatic heterocycles. The van der Waals surface area contributed by atoms with Gasteiger partial charge in [-0.05, 0) is 43.2 Å². The fourth-order valence-electron chi connectivity index (χ4n) is 2.88. The lowest BCUT2D eigenvalue weighted by Gasteiger charge is -2.20. The summed E-state index contributed by atoms with van der Waals surface area (Å²) < 4.78 is 0. The molecule has 0 unspecified atom stereocenters. The molecule has 3 rings (SSSR count). The number of nitrogens with zero attached hydrogens (tertiary/aromatic N) is 3. The highest BCUT2D eigenvalue weighted by atomic mass is 16.2. The second-order valence-electron chi connectivity index (χ2n) is 5.98. The quantitative estimate of drug-likeness (QED) is 0.936. The lowest BCUT2D eigenvalue weighted by molar-refractivity contribution is 0.0761. The third-order valence-corrected chi connectivity index (χ3v) is 4.18. The Bertz CT molecular complexity index is 741. The average molecular weight is 320 g/mol. The van der Waals surface area contributed by atoms with Crippen LogP contribution in [-0.2, 0) is 0 Å². The van der Waals surface area contributed by atoms with Crippen molar-refractivity contribution in [3.05, 3.63) is 53.9 Å². The predicted octanol–water partition coefficient (Wildman–Crippen LogP) is 3.71. The van der Waals surface area contributed by atoms with E-state index < -0.39 is 0 Å². The highest BCUT2D eigenvalue weighted by Gasteiger charge is 2.17. The van der Waals surface area contributed by atoms with E-state index in [9.17, 15) is 4.79 Å². The Labute approximate surface area is 141 Å². The molecule has 1 saturated heterocycles. The monoisotopic (exact) mass is 320 g/mol. The van der Waals surface area contributed by atoms with Crippen LogP contribution in [0.15, 0.2) is 42.7 Å². The van der Waals surface area contributed by atoms with Gasteiger partial charge in [0, 0.05) is 25.0 Å². The van der Waals surface area contributed by atoms with Gasteiger partial charge >= 0.3 is 0 Å². The number of aromatic nitrogens is 1. The van der Waals surface area contributed by atoms with Gasteiger partial charge in [0.2, 0.25) is 0 Å². The van der Waals surface area contributed by atoms with Crippen LogP contribution in [0.1, 0.15) is 41.6 Å². The predicted molar refractivity (Wildman–Crippen MR) is 93.0 cm³/mol. The Morgan fingerprint density at radius 3 is 2.42 bits per heavy atom. The number of nitrogens with one attached hydrogen (secondary N) is 1. The molecule has 5 heteroatoms. The van der Waals surface area contributed by atoms with Crippen LogP contribution in [0.2, 0.25) is 0 Å². The first-order valence-electron chi connectivity index (χ1n) is 8.28. The normalized spacial score (nSPS) is 14.5. The van der Waals surface area contributed by atoms with Crippen molar-refractivity contribution >= 4 is 17.3 Å². The van der Waals surface area contributed by atoms with E-state index in [2.05, 4.69) is 16.4 Å². The molecule has 24 heavy (non-hydrogen) atoms. The van der Waals surface area contributed by atoms with Gasteiger partial charge in [-0.15, -0.1) is 0 Å². The maximum absolute atomic E-state index is 12.7. The van der Waals surface area contributed by atoms with Gasteiger partial charge < -0.3 is 10.2 Å². The number of hydrogen-bond donors (Lipinski definition) is 1. The van der Waals surface area contributed by atoms with E-state index >= 15 is 0 Å². The minimum Gasteiger partial charge on any atom is -0.354 e. The molecule has 122 valence electrons. The van der Waals surface area contributed by atoms with Gasteiger partial charge in [-0.2, -0.15) is 5.26 Å². The Balaban J connectivity index is 1.73.